The lowest BCUT2D eigenvalue weighted by Gasteiger charge is -2.17. The monoisotopic (exact) mass is 414 g/mol. The van der Waals surface area contributed by atoms with Gasteiger partial charge in [-0.25, -0.2) is 0 Å². The van der Waals surface area contributed by atoms with Crippen molar-refractivity contribution in [3.05, 3.63) is 77.6 Å². The standard InChI is InChI=1S/C27H34N4/c1-4-30(5-2)17-11-16-28-19-23-18-25-24-14-9-10-15-26(24)31(27(25)21(3)29-23)20-22-12-7-6-8-13-22/h6-10,12-15,18,28H,4-5,11,16-17,19-20H2,1-3H3. The molecule has 0 saturated carbocycles. The topological polar surface area (TPSA) is 33.1 Å². The number of pyridine rings is 1. The van der Waals surface area contributed by atoms with Gasteiger partial charge < -0.3 is 14.8 Å². The predicted molar refractivity (Wildman–Crippen MR) is 132 cm³/mol. The van der Waals surface area contributed by atoms with E-state index in [4.69, 9.17) is 4.98 Å². The fourth-order valence-corrected chi connectivity index (χ4v) is 4.54. The van der Waals surface area contributed by atoms with Crippen LogP contribution in [0.4, 0.5) is 0 Å². The SMILES string of the molecule is CCN(CC)CCCNCc1cc2c3ccccc3n(Cc3ccccc3)c2c(C)n1. The molecule has 0 amide bonds. The Morgan fingerprint density at radius 1 is 0.935 bits per heavy atom. The van der Waals surface area contributed by atoms with E-state index in [1.165, 1.54) is 33.8 Å². The Bertz CT molecular complexity index is 1130. The number of aryl methyl sites for hydroxylation is 1. The quantitative estimate of drug-likeness (QED) is 0.354. The molecule has 4 aromatic rings. The van der Waals surface area contributed by atoms with Crippen molar-refractivity contribution in [3.8, 4) is 0 Å². The summed E-state index contributed by atoms with van der Waals surface area (Å²) in [6, 6.07) is 21.7. The van der Waals surface area contributed by atoms with Crippen LogP contribution in [0.5, 0.6) is 0 Å². The molecule has 0 spiro atoms. The van der Waals surface area contributed by atoms with Crippen LogP contribution in [0.3, 0.4) is 0 Å². The summed E-state index contributed by atoms with van der Waals surface area (Å²) in [5.41, 5.74) is 6.05. The average Bonchev–Trinajstić information content (AvgIpc) is 3.11. The van der Waals surface area contributed by atoms with Crippen molar-refractivity contribution < 1.29 is 0 Å². The van der Waals surface area contributed by atoms with E-state index in [2.05, 4.69) is 96.2 Å². The van der Waals surface area contributed by atoms with Gasteiger partial charge in [-0.3, -0.25) is 4.98 Å². The number of fused-ring (bicyclic) bond motifs is 3. The first kappa shape index (κ1) is 21.5. The Morgan fingerprint density at radius 2 is 1.68 bits per heavy atom. The molecule has 0 radical (unpaired) electrons. The zero-order valence-corrected chi connectivity index (χ0v) is 19.1. The van der Waals surface area contributed by atoms with Gasteiger partial charge in [0.2, 0.25) is 0 Å². The summed E-state index contributed by atoms with van der Waals surface area (Å²) >= 11 is 0. The van der Waals surface area contributed by atoms with E-state index in [-0.39, 0.29) is 0 Å². The zero-order valence-electron chi connectivity index (χ0n) is 19.1. The van der Waals surface area contributed by atoms with E-state index in [1.54, 1.807) is 0 Å². The maximum Gasteiger partial charge on any atom is 0.0711 e. The third kappa shape index (κ3) is 4.81. The summed E-state index contributed by atoms with van der Waals surface area (Å²) in [5.74, 6) is 0. The summed E-state index contributed by atoms with van der Waals surface area (Å²) in [6.07, 6.45) is 1.17. The van der Waals surface area contributed by atoms with Crippen LogP contribution in [-0.2, 0) is 13.1 Å². The van der Waals surface area contributed by atoms with Crippen LogP contribution in [0.2, 0.25) is 0 Å². The molecule has 0 atom stereocenters. The van der Waals surface area contributed by atoms with Gasteiger partial charge in [0.1, 0.15) is 0 Å². The van der Waals surface area contributed by atoms with Crippen molar-refractivity contribution in [1.29, 1.82) is 0 Å². The van der Waals surface area contributed by atoms with E-state index in [0.717, 1.165) is 50.7 Å². The molecule has 0 aliphatic heterocycles. The molecule has 0 aliphatic rings. The molecule has 0 fully saturated rings. The van der Waals surface area contributed by atoms with Crippen molar-refractivity contribution in [1.82, 2.24) is 19.8 Å². The highest BCUT2D eigenvalue weighted by molar-refractivity contribution is 6.08. The molecule has 4 nitrogen and oxygen atoms in total. The van der Waals surface area contributed by atoms with Gasteiger partial charge in [-0.1, -0.05) is 62.4 Å². The Hall–Kier alpha value is -2.69. The second-order valence-corrected chi connectivity index (χ2v) is 8.24. The van der Waals surface area contributed by atoms with Gasteiger partial charge in [0.25, 0.3) is 0 Å². The summed E-state index contributed by atoms with van der Waals surface area (Å²) in [7, 11) is 0. The van der Waals surface area contributed by atoms with Crippen LogP contribution >= 0.6 is 0 Å². The van der Waals surface area contributed by atoms with E-state index in [9.17, 15) is 0 Å². The molecule has 0 bridgehead atoms. The summed E-state index contributed by atoms with van der Waals surface area (Å²) in [6.45, 7) is 12.7. The van der Waals surface area contributed by atoms with Gasteiger partial charge in [0, 0.05) is 29.4 Å². The number of hydrogen-bond donors (Lipinski definition) is 1. The first-order valence-electron chi connectivity index (χ1n) is 11.6. The molecule has 4 rings (SSSR count). The maximum absolute atomic E-state index is 4.97. The molecule has 4 heteroatoms. The number of rotatable bonds is 10. The number of para-hydroxylation sites is 1. The molecule has 0 aliphatic carbocycles. The second-order valence-electron chi connectivity index (χ2n) is 8.24. The van der Waals surface area contributed by atoms with Crippen molar-refractivity contribution in [3.63, 3.8) is 0 Å². The van der Waals surface area contributed by atoms with Crippen LogP contribution in [0.25, 0.3) is 21.8 Å². The normalized spacial score (nSPS) is 11.7. The molecule has 0 unspecified atom stereocenters. The van der Waals surface area contributed by atoms with Crippen molar-refractivity contribution in [2.75, 3.05) is 26.2 Å². The predicted octanol–water partition coefficient (Wildman–Crippen LogP) is 5.37. The third-order valence-electron chi connectivity index (χ3n) is 6.19. The van der Waals surface area contributed by atoms with Crippen molar-refractivity contribution in [2.45, 2.75) is 40.3 Å². The Balaban J connectivity index is 1.58. The minimum absolute atomic E-state index is 0.813. The minimum Gasteiger partial charge on any atom is -0.334 e. The number of benzene rings is 2. The molecule has 162 valence electrons. The van der Waals surface area contributed by atoms with Gasteiger partial charge in [-0.15, -0.1) is 0 Å². The summed E-state index contributed by atoms with van der Waals surface area (Å²) in [4.78, 5) is 7.44. The highest BCUT2D eigenvalue weighted by atomic mass is 15.1. The highest BCUT2D eigenvalue weighted by Crippen LogP contribution is 2.31. The number of nitrogens with zero attached hydrogens (tertiary/aromatic N) is 3. The van der Waals surface area contributed by atoms with E-state index in [1.807, 2.05) is 0 Å². The fraction of sp³-hybridized carbons (Fsp3) is 0.370. The number of nitrogens with one attached hydrogen (secondary N) is 1. The minimum atomic E-state index is 0.813. The zero-order chi connectivity index (χ0) is 21.6. The molecule has 2 aromatic heterocycles. The second kappa shape index (κ2) is 10.1. The fourth-order valence-electron chi connectivity index (χ4n) is 4.54. The Kier molecular flexibility index (Phi) is 7.00. The first-order valence-corrected chi connectivity index (χ1v) is 11.6. The molecule has 2 aromatic carbocycles. The highest BCUT2D eigenvalue weighted by Gasteiger charge is 2.15. The molecular weight excluding hydrogens is 380 g/mol. The van der Waals surface area contributed by atoms with E-state index >= 15 is 0 Å². The lowest BCUT2D eigenvalue weighted by Crippen LogP contribution is -2.27. The van der Waals surface area contributed by atoms with Gasteiger partial charge in [-0.2, -0.15) is 0 Å². The van der Waals surface area contributed by atoms with Crippen molar-refractivity contribution in [2.24, 2.45) is 0 Å². The molecular formula is C27H34N4. The smallest absolute Gasteiger partial charge is 0.0711 e. The maximum atomic E-state index is 4.97. The van der Waals surface area contributed by atoms with Crippen molar-refractivity contribution >= 4 is 21.8 Å². The first-order chi connectivity index (χ1) is 15.2. The Labute approximate surface area is 185 Å². The van der Waals surface area contributed by atoms with E-state index < -0.39 is 0 Å². The van der Waals surface area contributed by atoms with Crippen LogP contribution in [0.1, 0.15) is 37.2 Å². The van der Waals surface area contributed by atoms with Crippen LogP contribution in [0.15, 0.2) is 60.7 Å². The third-order valence-corrected chi connectivity index (χ3v) is 6.19. The van der Waals surface area contributed by atoms with Crippen LogP contribution in [0, 0.1) is 6.92 Å². The summed E-state index contributed by atoms with van der Waals surface area (Å²) in [5, 5.41) is 6.21. The van der Waals surface area contributed by atoms with Crippen LogP contribution < -0.4 is 5.32 Å². The molecule has 1 N–H and O–H groups in total. The van der Waals surface area contributed by atoms with Gasteiger partial charge >= 0.3 is 0 Å². The lowest BCUT2D eigenvalue weighted by atomic mass is 10.1. The molecule has 0 saturated heterocycles. The van der Waals surface area contributed by atoms with Crippen LogP contribution in [-0.4, -0.2) is 40.6 Å². The molecule has 2 heterocycles. The van der Waals surface area contributed by atoms with Gasteiger partial charge in [0.15, 0.2) is 0 Å². The largest absolute Gasteiger partial charge is 0.334 e. The average molecular weight is 415 g/mol. The van der Waals surface area contributed by atoms with Gasteiger partial charge in [-0.05, 0) is 57.2 Å². The molecule has 31 heavy (non-hydrogen) atoms. The van der Waals surface area contributed by atoms with Gasteiger partial charge in [0.05, 0.1) is 16.9 Å². The summed E-state index contributed by atoms with van der Waals surface area (Å²) < 4.78 is 2.42. The lowest BCUT2D eigenvalue weighted by molar-refractivity contribution is 0.298. The Morgan fingerprint density at radius 3 is 2.45 bits per heavy atom. The number of aromatic nitrogens is 2. The van der Waals surface area contributed by atoms with E-state index in [0.29, 0.717) is 0 Å². The number of hydrogen-bond acceptors (Lipinski definition) is 3.